The normalized spacial score (nSPS) is 10.3. The van der Waals surface area contributed by atoms with E-state index in [-0.39, 0.29) is 35.6 Å². The van der Waals surface area contributed by atoms with Crippen molar-refractivity contribution in [2.45, 2.75) is 13.5 Å². The number of hydrogen-bond acceptors (Lipinski definition) is 4. The first-order valence-electron chi connectivity index (χ1n) is 7.34. The molecule has 1 heterocycles. The van der Waals surface area contributed by atoms with Gasteiger partial charge in [-0.15, -0.1) is 0 Å². The van der Waals surface area contributed by atoms with E-state index in [1.807, 2.05) is 0 Å². The summed E-state index contributed by atoms with van der Waals surface area (Å²) in [6.07, 6.45) is 0. The molecule has 2 aromatic rings. The van der Waals surface area contributed by atoms with Crippen LogP contribution in [-0.4, -0.2) is 35.9 Å². The van der Waals surface area contributed by atoms with Crippen molar-refractivity contribution in [2.24, 2.45) is 0 Å². The van der Waals surface area contributed by atoms with Crippen LogP contribution in [0.25, 0.3) is 0 Å². The summed E-state index contributed by atoms with van der Waals surface area (Å²) >= 11 is 3.28. The van der Waals surface area contributed by atoms with E-state index < -0.39 is 5.82 Å². The Morgan fingerprint density at radius 2 is 2.04 bits per heavy atom. The quantitative estimate of drug-likeness (QED) is 0.822. The number of hydrogen-bond donors (Lipinski definition) is 1. The zero-order chi connectivity index (χ0) is 18.6. The third-order valence-electron chi connectivity index (χ3n) is 3.34. The second-order valence-electron chi connectivity index (χ2n) is 5.34. The zero-order valence-corrected chi connectivity index (χ0v) is 15.6. The predicted octanol–water partition coefficient (Wildman–Crippen LogP) is 3.22. The van der Waals surface area contributed by atoms with Gasteiger partial charge in [0.15, 0.2) is 11.6 Å². The smallest absolute Gasteiger partial charge is 0.273 e. The number of anilines is 1. The molecule has 0 bridgehead atoms. The van der Waals surface area contributed by atoms with Crippen molar-refractivity contribution >= 4 is 33.6 Å². The van der Waals surface area contributed by atoms with Gasteiger partial charge in [0.25, 0.3) is 5.91 Å². The van der Waals surface area contributed by atoms with E-state index in [0.29, 0.717) is 10.0 Å². The highest BCUT2D eigenvalue weighted by atomic mass is 79.9. The van der Waals surface area contributed by atoms with E-state index >= 15 is 0 Å². The molecule has 0 saturated heterocycles. The van der Waals surface area contributed by atoms with E-state index in [1.165, 1.54) is 31.1 Å². The largest absolute Gasteiger partial charge is 0.494 e. The van der Waals surface area contributed by atoms with Gasteiger partial charge >= 0.3 is 0 Å². The van der Waals surface area contributed by atoms with E-state index in [9.17, 15) is 14.0 Å². The fourth-order valence-electron chi connectivity index (χ4n) is 2.18. The van der Waals surface area contributed by atoms with Crippen molar-refractivity contribution < 1.29 is 18.7 Å². The number of amides is 2. The van der Waals surface area contributed by atoms with Gasteiger partial charge in [0.1, 0.15) is 11.5 Å². The fourth-order valence-corrected chi connectivity index (χ4v) is 2.57. The monoisotopic (exact) mass is 409 g/mol. The minimum absolute atomic E-state index is 0.144. The number of benzene rings is 1. The summed E-state index contributed by atoms with van der Waals surface area (Å²) < 4.78 is 19.2. The highest BCUT2D eigenvalue weighted by molar-refractivity contribution is 9.10. The number of aromatic nitrogens is 1. The molecule has 0 unspecified atom stereocenters. The van der Waals surface area contributed by atoms with Gasteiger partial charge < -0.3 is 15.0 Å². The zero-order valence-electron chi connectivity index (χ0n) is 14.0. The van der Waals surface area contributed by atoms with E-state index in [0.717, 1.165) is 0 Å². The molecule has 0 aliphatic heterocycles. The average Bonchev–Trinajstić information content (AvgIpc) is 2.55. The minimum Gasteiger partial charge on any atom is -0.494 e. The number of nitrogens with zero attached hydrogens (tertiary/aromatic N) is 2. The molecule has 0 aliphatic carbocycles. The standard InChI is InChI=1S/C17H17BrFN3O3/c1-10(23)20-15-7-5-12(18)16(21-15)17(24)22(2)9-11-4-6-14(25-3)13(19)8-11/h4-8H,9H2,1-3H3,(H,20,21,23). The molecule has 25 heavy (non-hydrogen) atoms. The van der Waals surface area contributed by atoms with Crippen LogP contribution in [0.15, 0.2) is 34.8 Å². The van der Waals surface area contributed by atoms with Crippen LogP contribution < -0.4 is 10.1 Å². The Kier molecular flexibility index (Phi) is 6.08. The fraction of sp³-hybridized carbons (Fsp3) is 0.235. The summed E-state index contributed by atoms with van der Waals surface area (Å²) in [5.74, 6) is -0.716. The first-order chi connectivity index (χ1) is 11.8. The summed E-state index contributed by atoms with van der Waals surface area (Å²) in [5.41, 5.74) is 0.769. The topological polar surface area (TPSA) is 71.5 Å². The van der Waals surface area contributed by atoms with Crippen LogP contribution in [0.2, 0.25) is 0 Å². The Labute approximate surface area is 153 Å². The molecule has 1 aromatic heterocycles. The Morgan fingerprint density at radius 3 is 2.64 bits per heavy atom. The van der Waals surface area contributed by atoms with Crippen molar-refractivity contribution in [1.29, 1.82) is 0 Å². The lowest BCUT2D eigenvalue weighted by molar-refractivity contribution is -0.114. The summed E-state index contributed by atoms with van der Waals surface area (Å²) in [7, 11) is 2.97. The van der Waals surface area contributed by atoms with Crippen molar-refractivity contribution in [3.05, 3.63) is 51.9 Å². The molecule has 6 nitrogen and oxygen atoms in total. The number of halogens is 2. The third kappa shape index (κ3) is 4.76. The van der Waals surface area contributed by atoms with Gasteiger partial charge in [-0.3, -0.25) is 9.59 Å². The van der Waals surface area contributed by atoms with Gasteiger partial charge in [-0.2, -0.15) is 0 Å². The van der Waals surface area contributed by atoms with E-state index in [2.05, 4.69) is 26.2 Å². The molecule has 2 amide bonds. The molecule has 8 heteroatoms. The molecule has 0 saturated carbocycles. The molecule has 0 aliphatic rings. The predicted molar refractivity (Wildman–Crippen MR) is 95.0 cm³/mol. The Bertz CT molecular complexity index is 814. The molecule has 2 rings (SSSR count). The Balaban J connectivity index is 2.19. The van der Waals surface area contributed by atoms with Crippen molar-refractivity contribution in [1.82, 2.24) is 9.88 Å². The van der Waals surface area contributed by atoms with E-state index in [4.69, 9.17) is 4.74 Å². The van der Waals surface area contributed by atoms with Crippen LogP contribution in [0, 0.1) is 5.82 Å². The van der Waals surface area contributed by atoms with Crippen LogP contribution in [-0.2, 0) is 11.3 Å². The third-order valence-corrected chi connectivity index (χ3v) is 3.98. The van der Waals surface area contributed by atoms with Gasteiger partial charge in [0.2, 0.25) is 5.91 Å². The molecule has 1 aromatic carbocycles. The van der Waals surface area contributed by atoms with Crippen LogP contribution in [0.1, 0.15) is 23.0 Å². The van der Waals surface area contributed by atoms with Crippen LogP contribution in [0.4, 0.5) is 10.2 Å². The van der Waals surface area contributed by atoms with Gasteiger partial charge in [0.05, 0.1) is 7.11 Å². The SMILES string of the molecule is COc1ccc(CN(C)C(=O)c2nc(NC(C)=O)ccc2Br)cc1F. The first kappa shape index (κ1) is 18.9. The molecule has 1 N–H and O–H groups in total. The highest BCUT2D eigenvalue weighted by Gasteiger charge is 2.18. The molecular weight excluding hydrogens is 393 g/mol. The Morgan fingerprint density at radius 1 is 1.32 bits per heavy atom. The van der Waals surface area contributed by atoms with Crippen LogP contribution in [0.5, 0.6) is 5.75 Å². The van der Waals surface area contributed by atoms with Crippen LogP contribution >= 0.6 is 15.9 Å². The number of methoxy groups -OCH3 is 1. The summed E-state index contributed by atoms with van der Waals surface area (Å²) in [6.45, 7) is 1.55. The first-order valence-corrected chi connectivity index (χ1v) is 8.13. The number of rotatable bonds is 5. The lowest BCUT2D eigenvalue weighted by atomic mass is 10.2. The van der Waals surface area contributed by atoms with Crippen molar-refractivity contribution in [3.8, 4) is 5.75 Å². The number of nitrogens with one attached hydrogen (secondary N) is 1. The molecule has 0 fully saturated rings. The summed E-state index contributed by atoms with van der Waals surface area (Å²) in [6, 6.07) is 7.72. The second-order valence-corrected chi connectivity index (χ2v) is 6.19. The lowest BCUT2D eigenvalue weighted by Crippen LogP contribution is -2.27. The minimum atomic E-state index is -0.493. The van der Waals surface area contributed by atoms with Gasteiger partial charge in [-0.25, -0.2) is 9.37 Å². The summed E-state index contributed by atoms with van der Waals surface area (Å²) in [5, 5.41) is 2.53. The maximum atomic E-state index is 13.8. The summed E-state index contributed by atoms with van der Waals surface area (Å²) in [4.78, 5) is 29.3. The lowest BCUT2D eigenvalue weighted by Gasteiger charge is -2.18. The molecule has 0 spiro atoms. The van der Waals surface area contributed by atoms with Crippen molar-refractivity contribution in [3.63, 3.8) is 0 Å². The maximum absolute atomic E-state index is 13.8. The number of carbonyl (C=O) groups is 2. The van der Waals surface area contributed by atoms with E-state index in [1.54, 1.807) is 25.2 Å². The van der Waals surface area contributed by atoms with Gasteiger partial charge in [-0.05, 0) is 45.8 Å². The van der Waals surface area contributed by atoms with Crippen LogP contribution in [0.3, 0.4) is 0 Å². The number of carbonyl (C=O) groups excluding carboxylic acids is 2. The number of ether oxygens (including phenoxy) is 1. The van der Waals surface area contributed by atoms with Gasteiger partial charge in [0, 0.05) is 25.0 Å². The van der Waals surface area contributed by atoms with Crippen molar-refractivity contribution in [2.75, 3.05) is 19.5 Å². The maximum Gasteiger partial charge on any atom is 0.273 e. The van der Waals surface area contributed by atoms with Gasteiger partial charge in [-0.1, -0.05) is 6.07 Å². The Hall–Kier alpha value is -2.48. The highest BCUT2D eigenvalue weighted by Crippen LogP contribution is 2.21. The average molecular weight is 410 g/mol. The second kappa shape index (κ2) is 8.06. The molecule has 132 valence electrons. The molecular formula is C17H17BrFN3O3. The molecule has 0 radical (unpaired) electrons. The molecule has 0 atom stereocenters. The number of pyridine rings is 1.